The number of nitrogens with one attached hydrogen (secondary N) is 2. The zero-order valence-electron chi connectivity index (χ0n) is 17.3. The van der Waals surface area contributed by atoms with Gasteiger partial charge in [-0.25, -0.2) is 0 Å². The monoisotopic (exact) mass is 523 g/mol. The molecule has 7 heteroatoms. The van der Waals surface area contributed by atoms with Gasteiger partial charge in [0.25, 0.3) is 0 Å². The van der Waals surface area contributed by atoms with E-state index in [1.807, 2.05) is 30.3 Å². The quantitative estimate of drug-likeness (QED) is 0.343. The molecule has 0 bridgehead atoms. The molecule has 1 saturated heterocycles. The summed E-state index contributed by atoms with van der Waals surface area (Å²) >= 11 is 0. The van der Waals surface area contributed by atoms with Crippen LogP contribution in [0.3, 0.4) is 0 Å². The van der Waals surface area contributed by atoms with E-state index in [4.69, 9.17) is 19.2 Å². The largest absolute Gasteiger partial charge is 0.486 e. The summed E-state index contributed by atoms with van der Waals surface area (Å²) in [6.45, 7) is 5.54. The Morgan fingerprint density at radius 2 is 1.80 bits per heavy atom. The van der Waals surface area contributed by atoms with E-state index in [0.717, 1.165) is 43.6 Å². The number of nitrogens with zero attached hydrogens (tertiary/aromatic N) is 1. The molecule has 0 aliphatic carbocycles. The van der Waals surface area contributed by atoms with Crippen molar-refractivity contribution in [2.45, 2.75) is 25.6 Å². The summed E-state index contributed by atoms with van der Waals surface area (Å²) in [4.78, 5) is 4.82. The van der Waals surface area contributed by atoms with E-state index in [2.05, 4.69) is 41.8 Å². The van der Waals surface area contributed by atoms with Crippen molar-refractivity contribution in [2.75, 3.05) is 32.8 Å². The van der Waals surface area contributed by atoms with Crippen LogP contribution in [0.5, 0.6) is 11.5 Å². The Labute approximate surface area is 195 Å². The third-order valence-corrected chi connectivity index (χ3v) is 5.24. The van der Waals surface area contributed by atoms with Crippen LogP contribution in [0.1, 0.15) is 25.0 Å². The summed E-state index contributed by atoms with van der Waals surface area (Å²) < 4.78 is 17.8. The lowest BCUT2D eigenvalue weighted by Crippen LogP contribution is -2.45. The predicted octanol–water partition coefficient (Wildman–Crippen LogP) is 3.78. The molecule has 2 N–H and O–H groups in total. The predicted molar refractivity (Wildman–Crippen MR) is 129 cm³/mol. The molecule has 30 heavy (non-hydrogen) atoms. The maximum absolute atomic E-state index is 6.02. The first-order valence-corrected chi connectivity index (χ1v) is 10.4. The number of benzene rings is 2. The van der Waals surface area contributed by atoms with Crippen molar-refractivity contribution >= 4 is 29.9 Å². The molecular formula is C23H30IN3O3. The van der Waals surface area contributed by atoms with E-state index in [1.54, 1.807) is 0 Å². The first-order chi connectivity index (χ1) is 14.3. The second-order valence-electron chi connectivity index (χ2n) is 7.35. The van der Waals surface area contributed by atoms with Gasteiger partial charge in [-0.05, 0) is 31.0 Å². The zero-order valence-corrected chi connectivity index (χ0v) is 19.6. The Morgan fingerprint density at radius 3 is 2.60 bits per heavy atom. The first kappa shape index (κ1) is 22.7. The summed E-state index contributed by atoms with van der Waals surface area (Å²) in [5.41, 5.74) is 1.23. The molecule has 4 rings (SSSR count). The van der Waals surface area contributed by atoms with Crippen molar-refractivity contribution < 1.29 is 14.2 Å². The lowest BCUT2D eigenvalue weighted by Gasteiger charge is -2.27. The van der Waals surface area contributed by atoms with Crippen molar-refractivity contribution in [3.63, 3.8) is 0 Å². The number of aliphatic imine (C=N–C) groups is 1. The Balaban J connectivity index is 0.00000256. The minimum absolute atomic E-state index is 0. The Bertz CT molecular complexity index is 818. The second-order valence-corrected chi connectivity index (χ2v) is 7.35. The smallest absolute Gasteiger partial charge is 0.191 e. The second kappa shape index (κ2) is 11.4. The molecule has 0 saturated carbocycles. The lowest BCUT2D eigenvalue weighted by molar-refractivity contribution is 0.0920. The van der Waals surface area contributed by atoms with E-state index in [9.17, 15) is 0 Å². The van der Waals surface area contributed by atoms with Crippen LogP contribution >= 0.6 is 24.0 Å². The SMILES string of the molecule is CCNC(=NCC1CCOC1c1ccccc1)NCC1COc2ccccc2O1.I. The fourth-order valence-corrected chi connectivity index (χ4v) is 3.76. The summed E-state index contributed by atoms with van der Waals surface area (Å²) in [5.74, 6) is 2.78. The molecule has 2 aliphatic rings. The van der Waals surface area contributed by atoms with Crippen molar-refractivity contribution in [1.29, 1.82) is 0 Å². The van der Waals surface area contributed by atoms with Crippen molar-refractivity contribution in [3.05, 3.63) is 60.2 Å². The average molecular weight is 523 g/mol. The number of halogens is 1. The first-order valence-electron chi connectivity index (χ1n) is 10.4. The van der Waals surface area contributed by atoms with E-state index in [-0.39, 0.29) is 36.2 Å². The molecule has 2 aromatic rings. The molecule has 0 spiro atoms. The van der Waals surface area contributed by atoms with Gasteiger partial charge in [0.05, 0.1) is 12.6 Å². The number of rotatable bonds is 6. The highest BCUT2D eigenvalue weighted by atomic mass is 127. The third kappa shape index (κ3) is 5.78. The van der Waals surface area contributed by atoms with Gasteiger partial charge in [-0.2, -0.15) is 0 Å². The highest BCUT2D eigenvalue weighted by Gasteiger charge is 2.29. The van der Waals surface area contributed by atoms with Gasteiger partial charge in [0.2, 0.25) is 0 Å². The van der Waals surface area contributed by atoms with Gasteiger partial charge < -0.3 is 24.8 Å². The number of hydrogen-bond donors (Lipinski definition) is 2. The normalized spacial score (nSPS) is 22.8. The van der Waals surface area contributed by atoms with Crippen molar-refractivity contribution in [3.8, 4) is 11.5 Å². The molecule has 3 atom stereocenters. The molecule has 6 nitrogen and oxygen atoms in total. The van der Waals surface area contributed by atoms with Gasteiger partial charge in [-0.15, -0.1) is 24.0 Å². The maximum atomic E-state index is 6.02. The van der Waals surface area contributed by atoms with Gasteiger partial charge in [0.1, 0.15) is 12.7 Å². The van der Waals surface area contributed by atoms with Crippen LogP contribution in [0, 0.1) is 5.92 Å². The third-order valence-electron chi connectivity index (χ3n) is 5.24. The minimum Gasteiger partial charge on any atom is -0.486 e. The van der Waals surface area contributed by atoms with E-state index < -0.39 is 0 Å². The fourth-order valence-electron chi connectivity index (χ4n) is 3.76. The molecule has 0 aromatic heterocycles. The standard InChI is InChI=1S/C23H29N3O3.HI/c1-2-24-23(26-15-19-16-28-20-10-6-7-11-21(20)29-19)25-14-18-12-13-27-22(18)17-8-4-3-5-9-17;/h3-11,18-19,22H,2,12-16H2,1H3,(H2,24,25,26);1H. The van der Waals surface area contributed by atoms with Gasteiger partial charge in [0, 0.05) is 25.6 Å². The maximum Gasteiger partial charge on any atom is 0.191 e. The van der Waals surface area contributed by atoms with Crippen molar-refractivity contribution in [1.82, 2.24) is 10.6 Å². The van der Waals surface area contributed by atoms with E-state index in [1.165, 1.54) is 5.56 Å². The highest BCUT2D eigenvalue weighted by molar-refractivity contribution is 14.0. The van der Waals surface area contributed by atoms with Gasteiger partial charge in [0.15, 0.2) is 17.5 Å². The zero-order chi connectivity index (χ0) is 19.9. The summed E-state index contributed by atoms with van der Waals surface area (Å²) in [5, 5.41) is 6.71. The Morgan fingerprint density at radius 1 is 1.03 bits per heavy atom. The van der Waals surface area contributed by atoms with Crippen LogP contribution < -0.4 is 20.1 Å². The number of para-hydroxylation sites is 2. The molecule has 0 radical (unpaired) electrons. The van der Waals surface area contributed by atoms with Crippen molar-refractivity contribution in [2.24, 2.45) is 10.9 Å². The summed E-state index contributed by atoms with van der Waals surface area (Å²) in [6, 6.07) is 18.2. The van der Waals surface area contributed by atoms with Crippen LogP contribution in [0.2, 0.25) is 0 Å². The molecule has 3 unspecified atom stereocenters. The molecule has 2 heterocycles. The van der Waals surface area contributed by atoms with E-state index in [0.29, 0.717) is 19.1 Å². The Hall–Kier alpha value is -2.00. The highest BCUT2D eigenvalue weighted by Crippen LogP contribution is 2.34. The van der Waals surface area contributed by atoms with Gasteiger partial charge in [-0.3, -0.25) is 4.99 Å². The molecular weight excluding hydrogens is 493 g/mol. The number of guanidine groups is 1. The molecule has 2 aromatic carbocycles. The van der Waals surface area contributed by atoms with Crippen LogP contribution in [-0.2, 0) is 4.74 Å². The lowest BCUT2D eigenvalue weighted by atomic mass is 9.95. The number of fused-ring (bicyclic) bond motifs is 1. The molecule has 1 fully saturated rings. The molecule has 2 aliphatic heterocycles. The summed E-state index contributed by atoms with van der Waals surface area (Å²) in [7, 11) is 0. The molecule has 0 amide bonds. The number of hydrogen-bond acceptors (Lipinski definition) is 4. The van der Waals surface area contributed by atoms with E-state index >= 15 is 0 Å². The van der Waals surface area contributed by atoms with Crippen LogP contribution in [0.25, 0.3) is 0 Å². The number of ether oxygens (including phenoxy) is 3. The summed E-state index contributed by atoms with van der Waals surface area (Å²) in [6.07, 6.45) is 1.09. The average Bonchev–Trinajstić information content (AvgIpc) is 3.25. The van der Waals surface area contributed by atoms with Crippen LogP contribution in [0.4, 0.5) is 0 Å². The van der Waals surface area contributed by atoms with Gasteiger partial charge in [-0.1, -0.05) is 42.5 Å². The minimum atomic E-state index is -0.0550. The van der Waals surface area contributed by atoms with Gasteiger partial charge >= 0.3 is 0 Å². The Kier molecular flexibility index (Phi) is 8.62. The van der Waals surface area contributed by atoms with Crippen LogP contribution in [-0.4, -0.2) is 44.9 Å². The molecule has 162 valence electrons. The van der Waals surface area contributed by atoms with Crippen LogP contribution in [0.15, 0.2) is 59.6 Å². The topological polar surface area (TPSA) is 64.1 Å². The fraction of sp³-hybridized carbons (Fsp3) is 0.435.